The number of amides is 1. The molecule has 1 amide bonds. The molecule has 0 aliphatic carbocycles. The average Bonchev–Trinajstić information content (AvgIpc) is 2.79. The zero-order valence-corrected chi connectivity index (χ0v) is 19.5. The lowest BCUT2D eigenvalue weighted by molar-refractivity contribution is -0.115. The normalized spacial score (nSPS) is 12.2. The minimum Gasteiger partial charge on any atom is -0.506 e. The summed E-state index contributed by atoms with van der Waals surface area (Å²) in [7, 11) is -3.55. The summed E-state index contributed by atoms with van der Waals surface area (Å²) in [6.45, 7) is 0.861. The fourth-order valence-corrected chi connectivity index (χ4v) is 3.82. The Morgan fingerprint density at radius 2 is 1.85 bits per heavy atom. The predicted octanol–water partition coefficient (Wildman–Crippen LogP) is 2.21. The number of benzene rings is 2. The Kier molecular flexibility index (Phi) is 8.58. The smallest absolute Gasteiger partial charge is 0.230 e. The van der Waals surface area contributed by atoms with Crippen LogP contribution < -0.4 is 15.4 Å². The van der Waals surface area contributed by atoms with Gasteiger partial charge in [-0.1, -0.05) is 24.3 Å². The summed E-state index contributed by atoms with van der Waals surface area (Å²) < 4.78 is 25.0. The van der Waals surface area contributed by atoms with E-state index >= 15 is 0 Å². The molecule has 3 rings (SSSR count). The number of phenols is 1. The van der Waals surface area contributed by atoms with E-state index in [1.54, 1.807) is 18.3 Å². The van der Waals surface area contributed by atoms with E-state index in [1.165, 1.54) is 18.2 Å². The molecule has 34 heavy (non-hydrogen) atoms. The molecular weight excluding hydrogens is 456 g/mol. The van der Waals surface area contributed by atoms with Gasteiger partial charge in [0.1, 0.15) is 5.75 Å². The summed E-state index contributed by atoms with van der Waals surface area (Å²) in [6.07, 6.45) is 2.69. The number of nitrogens with zero attached hydrogens (tertiary/aromatic N) is 1. The fraction of sp³-hybridized carbons (Fsp3) is 0.250. The third-order valence-electron chi connectivity index (χ3n) is 4.93. The van der Waals surface area contributed by atoms with Gasteiger partial charge >= 0.3 is 0 Å². The number of hydrogen-bond acceptors (Lipinski definition) is 7. The van der Waals surface area contributed by atoms with Crippen LogP contribution in [0, 0.1) is 0 Å². The van der Waals surface area contributed by atoms with Crippen LogP contribution in [0.15, 0.2) is 66.9 Å². The average molecular weight is 485 g/mol. The second-order valence-corrected chi connectivity index (χ2v) is 9.61. The van der Waals surface area contributed by atoms with E-state index in [0.29, 0.717) is 29.9 Å². The van der Waals surface area contributed by atoms with Crippen LogP contribution in [0.1, 0.15) is 22.9 Å². The van der Waals surface area contributed by atoms with Gasteiger partial charge in [-0.3, -0.25) is 14.5 Å². The van der Waals surface area contributed by atoms with Crippen molar-refractivity contribution in [2.45, 2.75) is 18.9 Å². The molecule has 180 valence electrons. The molecule has 5 N–H and O–H groups in total. The van der Waals surface area contributed by atoms with Crippen molar-refractivity contribution < 1.29 is 23.4 Å². The largest absolute Gasteiger partial charge is 0.506 e. The quantitative estimate of drug-likeness (QED) is 0.208. The summed E-state index contributed by atoms with van der Waals surface area (Å²) in [5, 5.41) is 26.2. The number of nitrogens with one attached hydrogen (secondary N) is 3. The summed E-state index contributed by atoms with van der Waals surface area (Å²) in [4.78, 5) is 16.3. The second-order valence-electron chi connectivity index (χ2n) is 7.86. The maximum atomic E-state index is 12.1. The Morgan fingerprint density at radius 1 is 1.09 bits per heavy atom. The lowest BCUT2D eigenvalue weighted by atomic mass is 10.1. The zero-order chi connectivity index (χ0) is 24.6. The molecule has 0 spiro atoms. The van der Waals surface area contributed by atoms with Crippen molar-refractivity contribution >= 4 is 27.3 Å². The Balaban J connectivity index is 1.43. The monoisotopic (exact) mass is 484 g/mol. The summed E-state index contributed by atoms with van der Waals surface area (Å²) in [6, 6.07) is 17.3. The lowest BCUT2D eigenvalue weighted by Gasteiger charge is -2.15. The molecule has 1 atom stereocenters. The third kappa shape index (κ3) is 8.14. The first-order valence-electron chi connectivity index (χ1n) is 10.7. The molecule has 0 saturated carbocycles. The number of aliphatic hydroxyl groups excluding tert-OH is 1. The van der Waals surface area contributed by atoms with E-state index in [2.05, 4.69) is 20.3 Å². The number of aromatic hydroxyl groups is 1. The van der Waals surface area contributed by atoms with Crippen LogP contribution >= 0.6 is 0 Å². The maximum Gasteiger partial charge on any atom is 0.230 e. The molecule has 1 aromatic heterocycles. The van der Waals surface area contributed by atoms with Gasteiger partial charge in [0.25, 0.3) is 0 Å². The van der Waals surface area contributed by atoms with Crippen LogP contribution in [0.4, 0.5) is 11.4 Å². The first kappa shape index (κ1) is 25.2. The molecule has 3 aromatic rings. The standard InChI is InChI=1S/C24H28N4O5S/c1-34(32,33)28-21-14-18(7-10-22(21)29)23(30)16-25-13-11-17-5-8-19(9-6-17)27-24(31)15-20-4-2-3-12-26-20/h2-10,12,14,23,25,28-30H,11,13,15-16H2,1H3,(H,27,31). The number of carbonyl (C=O) groups excluding carboxylic acids is 1. The first-order chi connectivity index (χ1) is 16.2. The Hall–Kier alpha value is -3.47. The van der Waals surface area contributed by atoms with Crippen LogP contribution in [0.3, 0.4) is 0 Å². The first-order valence-corrected chi connectivity index (χ1v) is 12.6. The van der Waals surface area contributed by atoms with Gasteiger partial charge in [0.15, 0.2) is 0 Å². The zero-order valence-electron chi connectivity index (χ0n) is 18.7. The van der Waals surface area contributed by atoms with Crippen molar-refractivity contribution in [1.82, 2.24) is 10.3 Å². The molecule has 0 aliphatic heterocycles. The summed E-state index contributed by atoms with van der Waals surface area (Å²) in [5.41, 5.74) is 2.97. The lowest BCUT2D eigenvalue weighted by Crippen LogP contribution is -2.24. The Bertz CT molecular complexity index is 1200. The third-order valence-corrected chi connectivity index (χ3v) is 5.53. The van der Waals surface area contributed by atoms with Gasteiger partial charge in [-0.2, -0.15) is 0 Å². The van der Waals surface area contributed by atoms with E-state index in [-0.39, 0.29) is 30.3 Å². The number of pyridine rings is 1. The van der Waals surface area contributed by atoms with Crippen molar-refractivity contribution in [3.8, 4) is 5.75 Å². The van der Waals surface area contributed by atoms with Crippen LogP contribution in [0.25, 0.3) is 0 Å². The van der Waals surface area contributed by atoms with Crippen molar-refractivity contribution in [3.05, 3.63) is 83.7 Å². The van der Waals surface area contributed by atoms with Gasteiger partial charge in [-0.15, -0.1) is 0 Å². The highest BCUT2D eigenvalue weighted by Gasteiger charge is 2.13. The van der Waals surface area contributed by atoms with E-state index in [0.717, 1.165) is 11.8 Å². The molecule has 0 bridgehead atoms. The van der Waals surface area contributed by atoms with E-state index in [1.807, 2.05) is 30.3 Å². The van der Waals surface area contributed by atoms with Crippen molar-refractivity contribution in [1.29, 1.82) is 0 Å². The number of sulfonamides is 1. The summed E-state index contributed by atoms with van der Waals surface area (Å²) in [5.74, 6) is -0.350. The van der Waals surface area contributed by atoms with Crippen LogP contribution in [0.2, 0.25) is 0 Å². The highest BCUT2D eigenvalue weighted by molar-refractivity contribution is 7.92. The number of aliphatic hydroxyl groups is 1. The SMILES string of the molecule is CS(=O)(=O)Nc1cc(C(O)CNCCc2ccc(NC(=O)Cc3ccccn3)cc2)ccc1O. The van der Waals surface area contributed by atoms with Gasteiger partial charge in [-0.05, 0) is 60.5 Å². The predicted molar refractivity (Wildman–Crippen MR) is 131 cm³/mol. The number of rotatable bonds is 11. The maximum absolute atomic E-state index is 12.1. The van der Waals surface area contributed by atoms with Gasteiger partial charge in [0.05, 0.1) is 24.5 Å². The molecular formula is C24H28N4O5S. The molecule has 1 heterocycles. The highest BCUT2D eigenvalue weighted by atomic mass is 32.2. The minimum absolute atomic E-state index is 0.0197. The topological polar surface area (TPSA) is 141 Å². The summed E-state index contributed by atoms with van der Waals surface area (Å²) >= 11 is 0. The number of carbonyl (C=O) groups is 1. The van der Waals surface area contributed by atoms with Gasteiger partial charge in [0.2, 0.25) is 15.9 Å². The van der Waals surface area contributed by atoms with Crippen LogP contribution in [-0.4, -0.2) is 48.9 Å². The number of anilines is 2. The molecule has 0 saturated heterocycles. The highest BCUT2D eigenvalue weighted by Crippen LogP contribution is 2.27. The molecule has 0 radical (unpaired) electrons. The van der Waals surface area contributed by atoms with E-state index in [9.17, 15) is 23.4 Å². The molecule has 0 fully saturated rings. The molecule has 1 unspecified atom stereocenters. The molecule has 0 aliphatic rings. The molecule has 9 nitrogen and oxygen atoms in total. The van der Waals surface area contributed by atoms with E-state index < -0.39 is 16.1 Å². The van der Waals surface area contributed by atoms with Gasteiger partial charge < -0.3 is 20.8 Å². The van der Waals surface area contributed by atoms with Crippen LogP contribution in [0.5, 0.6) is 5.75 Å². The van der Waals surface area contributed by atoms with Crippen LogP contribution in [-0.2, 0) is 27.7 Å². The number of phenolic OH excluding ortho intramolecular Hbond substituents is 1. The number of hydrogen-bond donors (Lipinski definition) is 5. The van der Waals surface area contributed by atoms with Crippen molar-refractivity contribution in [3.63, 3.8) is 0 Å². The minimum atomic E-state index is -3.55. The van der Waals surface area contributed by atoms with Gasteiger partial charge in [-0.25, -0.2) is 8.42 Å². The molecule has 2 aromatic carbocycles. The Morgan fingerprint density at radius 3 is 2.53 bits per heavy atom. The van der Waals surface area contributed by atoms with Gasteiger partial charge in [0, 0.05) is 24.1 Å². The van der Waals surface area contributed by atoms with E-state index in [4.69, 9.17) is 0 Å². The van der Waals surface area contributed by atoms with Crippen molar-refractivity contribution in [2.24, 2.45) is 0 Å². The van der Waals surface area contributed by atoms with Crippen molar-refractivity contribution in [2.75, 3.05) is 29.4 Å². The Labute approximate surface area is 198 Å². The number of aromatic nitrogens is 1. The second kappa shape index (κ2) is 11.6. The fourth-order valence-electron chi connectivity index (χ4n) is 3.26. The molecule has 10 heteroatoms.